The van der Waals surface area contributed by atoms with Crippen LogP contribution < -0.4 is 11.1 Å². The number of aliphatic hydroxyl groups excluding tert-OH is 1. The fraction of sp³-hybridized carbons (Fsp3) is 0.556. The Morgan fingerprint density at radius 3 is 2.93 bits per heavy atom. The smallest absolute Gasteiger partial charge is 0.221 e. The van der Waals surface area contributed by atoms with Crippen molar-refractivity contribution in [2.24, 2.45) is 5.41 Å². The first kappa shape index (κ1) is 9.21. The minimum atomic E-state index is 0.0830. The zero-order valence-electron chi connectivity index (χ0n) is 7.90. The minimum Gasteiger partial charge on any atom is -0.396 e. The second-order valence-corrected chi connectivity index (χ2v) is 3.81. The van der Waals surface area contributed by atoms with Gasteiger partial charge < -0.3 is 16.2 Å². The van der Waals surface area contributed by atoms with Crippen molar-refractivity contribution in [2.75, 3.05) is 24.2 Å². The van der Waals surface area contributed by atoms with E-state index in [-0.39, 0.29) is 18.0 Å². The predicted molar refractivity (Wildman–Crippen MR) is 53.7 cm³/mol. The summed E-state index contributed by atoms with van der Waals surface area (Å²) in [7, 11) is 0. The van der Waals surface area contributed by atoms with Crippen molar-refractivity contribution in [1.29, 1.82) is 0 Å². The summed E-state index contributed by atoms with van der Waals surface area (Å²) in [5.41, 5.74) is 5.52. The van der Waals surface area contributed by atoms with Gasteiger partial charge in [0.05, 0.1) is 6.61 Å². The highest BCUT2D eigenvalue weighted by Crippen LogP contribution is 2.44. The van der Waals surface area contributed by atoms with Gasteiger partial charge in [0.25, 0.3) is 0 Å². The molecule has 0 bridgehead atoms. The molecule has 1 saturated carbocycles. The number of aromatic nitrogens is 2. The third kappa shape index (κ3) is 1.93. The van der Waals surface area contributed by atoms with Crippen LogP contribution in [0.4, 0.5) is 11.8 Å². The molecule has 1 aliphatic carbocycles. The van der Waals surface area contributed by atoms with Crippen LogP contribution in [-0.4, -0.2) is 28.2 Å². The highest BCUT2D eigenvalue weighted by Gasteiger charge is 2.41. The number of nitrogens with zero attached hydrogens (tertiary/aromatic N) is 2. The maximum absolute atomic E-state index is 9.09. The molecule has 0 saturated heterocycles. The molecule has 0 spiro atoms. The molecule has 2 rings (SSSR count). The van der Waals surface area contributed by atoms with E-state index in [4.69, 9.17) is 10.8 Å². The molecule has 1 aromatic heterocycles. The van der Waals surface area contributed by atoms with Crippen molar-refractivity contribution in [2.45, 2.75) is 12.8 Å². The number of rotatable bonds is 4. The van der Waals surface area contributed by atoms with Crippen LogP contribution in [0, 0.1) is 5.41 Å². The van der Waals surface area contributed by atoms with Crippen molar-refractivity contribution in [3.05, 3.63) is 12.3 Å². The molecule has 0 atom stereocenters. The van der Waals surface area contributed by atoms with E-state index < -0.39 is 0 Å². The lowest BCUT2D eigenvalue weighted by Gasteiger charge is -2.12. The molecule has 14 heavy (non-hydrogen) atoms. The van der Waals surface area contributed by atoms with Crippen LogP contribution in [0.3, 0.4) is 0 Å². The number of hydrogen-bond donors (Lipinski definition) is 3. The molecular formula is C9H14N4O. The number of nitrogen functional groups attached to an aromatic ring is 1. The zero-order chi connectivity index (χ0) is 10.0. The summed E-state index contributed by atoms with van der Waals surface area (Å²) < 4.78 is 0. The number of hydrogen-bond acceptors (Lipinski definition) is 5. The van der Waals surface area contributed by atoms with Crippen molar-refractivity contribution in [3.63, 3.8) is 0 Å². The molecule has 0 unspecified atom stereocenters. The molecule has 0 aliphatic heterocycles. The molecule has 1 aliphatic rings. The van der Waals surface area contributed by atoms with E-state index >= 15 is 0 Å². The Morgan fingerprint density at radius 2 is 2.36 bits per heavy atom. The van der Waals surface area contributed by atoms with E-state index in [9.17, 15) is 0 Å². The molecule has 0 amide bonds. The first-order valence-electron chi connectivity index (χ1n) is 4.67. The SMILES string of the molecule is Nc1nccc(NCC2(CO)CC2)n1. The summed E-state index contributed by atoms with van der Waals surface area (Å²) in [5, 5.41) is 12.2. The molecule has 1 heterocycles. The van der Waals surface area contributed by atoms with Gasteiger partial charge in [0.2, 0.25) is 5.95 Å². The first-order chi connectivity index (χ1) is 6.74. The number of nitrogens with two attached hydrogens (primary N) is 1. The average Bonchev–Trinajstić information content (AvgIpc) is 2.96. The van der Waals surface area contributed by atoms with Gasteiger partial charge in [-0.15, -0.1) is 0 Å². The Kier molecular flexibility index (Phi) is 2.25. The molecule has 4 N–H and O–H groups in total. The van der Waals surface area contributed by atoms with Gasteiger partial charge >= 0.3 is 0 Å². The quantitative estimate of drug-likeness (QED) is 0.639. The summed E-state index contributed by atoms with van der Waals surface area (Å²) >= 11 is 0. The summed E-state index contributed by atoms with van der Waals surface area (Å²) in [6.45, 7) is 0.987. The second-order valence-electron chi connectivity index (χ2n) is 3.81. The highest BCUT2D eigenvalue weighted by molar-refractivity contribution is 5.37. The van der Waals surface area contributed by atoms with Crippen molar-refractivity contribution >= 4 is 11.8 Å². The van der Waals surface area contributed by atoms with Gasteiger partial charge in [-0.3, -0.25) is 0 Å². The number of aliphatic hydroxyl groups is 1. The lowest BCUT2D eigenvalue weighted by Crippen LogP contribution is -2.19. The molecule has 0 radical (unpaired) electrons. The average molecular weight is 194 g/mol. The van der Waals surface area contributed by atoms with Crippen molar-refractivity contribution < 1.29 is 5.11 Å². The van der Waals surface area contributed by atoms with Gasteiger partial charge in [-0.2, -0.15) is 4.98 Å². The first-order valence-corrected chi connectivity index (χ1v) is 4.67. The van der Waals surface area contributed by atoms with Crippen LogP contribution in [0.5, 0.6) is 0 Å². The van der Waals surface area contributed by atoms with Crippen LogP contribution >= 0.6 is 0 Å². The van der Waals surface area contributed by atoms with Gasteiger partial charge in [0.15, 0.2) is 0 Å². The van der Waals surface area contributed by atoms with Gasteiger partial charge in [0.1, 0.15) is 5.82 Å². The van der Waals surface area contributed by atoms with Crippen LogP contribution in [0.2, 0.25) is 0 Å². The van der Waals surface area contributed by atoms with E-state index in [1.54, 1.807) is 12.3 Å². The van der Waals surface area contributed by atoms with Gasteiger partial charge in [-0.1, -0.05) is 0 Å². The van der Waals surface area contributed by atoms with Gasteiger partial charge in [0, 0.05) is 18.2 Å². The van der Waals surface area contributed by atoms with Gasteiger partial charge in [-0.05, 0) is 18.9 Å². The highest BCUT2D eigenvalue weighted by atomic mass is 16.3. The van der Waals surface area contributed by atoms with E-state index in [0.29, 0.717) is 0 Å². The summed E-state index contributed by atoms with van der Waals surface area (Å²) in [6.07, 6.45) is 3.78. The monoisotopic (exact) mass is 194 g/mol. The van der Waals surface area contributed by atoms with E-state index in [1.165, 1.54) is 0 Å². The fourth-order valence-corrected chi connectivity index (χ4v) is 1.32. The van der Waals surface area contributed by atoms with E-state index in [0.717, 1.165) is 25.2 Å². The zero-order valence-corrected chi connectivity index (χ0v) is 7.90. The molecule has 5 heteroatoms. The Hall–Kier alpha value is -1.36. The molecule has 5 nitrogen and oxygen atoms in total. The Labute approximate surface area is 82.4 Å². The second kappa shape index (κ2) is 3.42. The summed E-state index contributed by atoms with van der Waals surface area (Å²) in [4.78, 5) is 7.81. The third-order valence-corrected chi connectivity index (χ3v) is 2.61. The topological polar surface area (TPSA) is 84.1 Å². The maximum atomic E-state index is 9.09. The molecule has 1 aromatic rings. The standard InChI is InChI=1S/C9H14N4O/c10-8-11-4-1-7(13-8)12-5-9(6-14)2-3-9/h1,4,14H,2-3,5-6H2,(H3,10,11,12,13). The Morgan fingerprint density at radius 1 is 1.57 bits per heavy atom. The minimum absolute atomic E-state index is 0.0830. The molecule has 76 valence electrons. The largest absolute Gasteiger partial charge is 0.396 e. The summed E-state index contributed by atoms with van der Waals surface area (Å²) in [6, 6.07) is 1.77. The lowest BCUT2D eigenvalue weighted by atomic mass is 10.1. The van der Waals surface area contributed by atoms with E-state index in [2.05, 4.69) is 15.3 Å². The van der Waals surface area contributed by atoms with Crippen LogP contribution in [0.15, 0.2) is 12.3 Å². The Bertz CT molecular complexity index is 324. The number of nitrogens with one attached hydrogen (secondary N) is 1. The molecule has 0 aromatic carbocycles. The molecule has 1 fully saturated rings. The van der Waals surface area contributed by atoms with Crippen LogP contribution in [0.1, 0.15) is 12.8 Å². The van der Waals surface area contributed by atoms with Crippen LogP contribution in [-0.2, 0) is 0 Å². The van der Waals surface area contributed by atoms with Crippen LogP contribution in [0.25, 0.3) is 0 Å². The number of anilines is 2. The van der Waals surface area contributed by atoms with E-state index in [1.807, 2.05) is 0 Å². The van der Waals surface area contributed by atoms with Crippen molar-refractivity contribution in [3.8, 4) is 0 Å². The third-order valence-electron chi connectivity index (χ3n) is 2.61. The fourth-order valence-electron chi connectivity index (χ4n) is 1.32. The Balaban J connectivity index is 1.92. The van der Waals surface area contributed by atoms with Gasteiger partial charge in [-0.25, -0.2) is 4.98 Å². The summed E-state index contributed by atoms with van der Waals surface area (Å²) in [5.74, 6) is 0.987. The predicted octanol–water partition coefficient (Wildman–Crippen LogP) is 0.243. The maximum Gasteiger partial charge on any atom is 0.221 e. The lowest BCUT2D eigenvalue weighted by molar-refractivity contribution is 0.219. The van der Waals surface area contributed by atoms with Crippen molar-refractivity contribution in [1.82, 2.24) is 9.97 Å². The molecular weight excluding hydrogens is 180 g/mol. The normalized spacial score (nSPS) is 17.8.